The Kier molecular flexibility index (Phi) is 7.64. The zero-order chi connectivity index (χ0) is 41.9. The third-order valence-corrected chi connectivity index (χ3v) is 14.5. The molecule has 0 radical (unpaired) electrons. The Balaban J connectivity index is 1.07. The van der Waals surface area contributed by atoms with Crippen LogP contribution in [0.4, 0.5) is 17.1 Å². The van der Waals surface area contributed by atoms with Crippen LogP contribution in [0, 0.1) is 0 Å². The van der Waals surface area contributed by atoms with E-state index in [1.165, 1.54) is 105 Å². The number of benzene rings is 10. The van der Waals surface area contributed by atoms with Crippen molar-refractivity contribution in [3.8, 4) is 55.6 Å². The fourth-order valence-corrected chi connectivity index (χ4v) is 11.7. The van der Waals surface area contributed by atoms with Crippen LogP contribution < -0.4 is 4.90 Å². The highest BCUT2D eigenvalue weighted by molar-refractivity contribution is 6.05. The van der Waals surface area contributed by atoms with Gasteiger partial charge in [0.1, 0.15) is 0 Å². The van der Waals surface area contributed by atoms with Crippen LogP contribution in [0.1, 0.15) is 47.2 Å². The van der Waals surface area contributed by atoms with E-state index < -0.39 is 5.41 Å². The van der Waals surface area contributed by atoms with Crippen LogP contribution >= 0.6 is 0 Å². The van der Waals surface area contributed by atoms with Gasteiger partial charge in [0.2, 0.25) is 0 Å². The zero-order valence-corrected chi connectivity index (χ0v) is 35.3. The summed E-state index contributed by atoms with van der Waals surface area (Å²) in [5, 5.41) is 2.44. The van der Waals surface area contributed by atoms with Gasteiger partial charge in [-0.1, -0.05) is 202 Å². The molecule has 13 rings (SSSR count). The van der Waals surface area contributed by atoms with E-state index in [9.17, 15) is 0 Å². The average Bonchev–Trinajstić information content (AvgIpc) is 3.90. The molecule has 1 spiro atoms. The maximum Gasteiger partial charge on any atom is 0.0726 e. The number of nitrogens with zero attached hydrogens (tertiary/aromatic N) is 1. The number of fused-ring (bicyclic) bond motifs is 14. The third kappa shape index (κ3) is 4.99. The van der Waals surface area contributed by atoms with E-state index >= 15 is 0 Å². The van der Waals surface area contributed by atoms with Gasteiger partial charge in [0, 0.05) is 22.1 Å². The van der Waals surface area contributed by atoms with Crippen LogP contribution in [0.3, 0.4) is 0 Å². The largest absolute Gasteiger partial charge is 0.309 e. The third-order valence-electron chi connectivity index (χ3n) is 14.5. The average molecular weight is 802 g/mol. The molecule has 296 valence electrons. The second kappa shape index (κ2) is 13.4. The molecular formula is C62H43N. The van der Waals surface area contributed by atoms with Crippen molar-refractivity contribution in [3.63, 3.8) is 0 Å². The van der Waals surface area contributed by atoms with Crippen molar-refractivity contribution in [2.75, 3.05) is 4.90 Å². The molecule has 0 bridgehead atoms. The van der Waals surface area contributed by atoms with Crippen LogP contribution in [0.15, 0.2) is 224 Å². The van der Waals surface area contributed by atoms with E-state index in [0.29, 0.717) is 0 Å². The van der Waals surface area contributed by atoms with Crippen molar-refractivity contribution in [3.05, 3.63) is 258 Å². The minimum Gasteiger partial charge on any atom is -0.309 e. The molecule has 63 heavy (non-hydrogen) atoms. The molecule has 1 nitrogen and oxygen atoms in total. The van der Waals surface area contributed by atoms with Gasteiger partial charge in [0.25, 0.3) is 0 Å². The Bertz CT molecular complexity index is 3480. The van der Waals surface area contributed by atoms with Gasteiger partial charge in [-0.15, -0.1) is 0 Å². The quantitative estimate of drug-likeness (QED) is 0.168. The lowest BCUT2D eigenvalue weighted by atomic mass is 9.70. The van der Waals surface area contributed by atoms with Crippen LogP contribution in [0.2, 0.25) is 0 Å². The fraction of sp³-hybridized carbons (Fsp3) is 0.0645. The Morgan fingerprint density at radius 2 is 0.810 bits per heavy atom. The van der Waals surface area contributed by atoms with Gasteiger partial charge in [-0.3, -0.25) is 0 Å². The second-order valence-electron chi connectivity index (χ2n) is 18.0. The van der Waals surface area contributed by atoms with Gasteiger partial charge < -0.3 is 4.90 Å². The number of hydrogen-bond acceptors (Lipinski definition) is 1. The first-order valence-electron chi connectivity index (χ1n) is 22.2. The highest BCUT2D eigenvalue weighted by Crippen LogP contribution is 2.65. The summed E-state index contributed by atoms with van der Waals surface area (Å²) >= 11 is 0. The first kappa shape index (κ1) is 36.0. The number of hydrogen-bond donors (Lipinski definition) is 0. The van der Waals surface area contributed by atoms with Crippen molar-refractivity contribution in [2.24, 2.45) is 0 Å². The first-order valence-corrected chi connectivity index (χ1v) is 22.2. The van der Waals surface area contributed by atoms with E-state index in [2.05, 4.69) is 243 Å². The lowest BCUT2D eigenvalue weighted by Crippen LogP contribution is -2.26. The minimum absolute atomic E-state index is 0.209. The molecule has 0 saturated heterocycles. The van der Waals surface area contributed by atoms with Crippen molar-refractivity contribution in [2.45, 2.75) is 24.7 Å². The predicted octanol–water partition coefficient (Wildman–Crippen LogP) is 16.3. The van der Waals surface area contributed by atoms with Gasteiger partial charge in [0.05, 0.1) is 16.8 Å². The molecule has 10 aromatic rings. The lowest BCUT2D eigenvalue weighted by Gasteiger charge is -2.33. The van der Waals surface area contributed by atoms with Crippen LogP contribution in [-0.4, -0.2) is 0 Å². The van der Waals surface area contributed by atoms with Gasteiger partial charge in [-0.2, -0.15) is 0 Å². The summed E-state index contributed by atoms with van der Waals surface area (Å²) < 4.78 is 0. The van der Waals surface area contributed by atoms with Crippen molar-refractivity contribution >= 4 is 27.8 Å². The molecule has 3 aliphatic carbocycles. The Morgan fingerprint density at radius 3 is 1.54 bits per heavy atom. The highest BCUT2D eigenvalue weighted by Gasteiger charge is 2.52. The molecule has 0 fully saturated rings. The maximum atomic E-state index is 2.56. The predicted molar refractivity (Wildman–Crippen MR) is 263 cm³/mol. The summed E-state index contributed by atoms with van der Waals surface area (Å²) in [7, 11) is 0. The summed E-state index contributed by atoms with van der Waals surface area (Å²) in [6.07, 6.45) is 0. The SMILES string of the molecule is CC1(C)c2cc(-c3ccccc3)ccc2-c2ccc(N(c3cccc4c3-c3ccccc3C43c4ccccc4-c4ccc(-c5ccccc5)cc43)c3cccc4ccccc34)cc21. The summed E-state index contributed by atoms with van der Waals surface area (Å²) in [4.78, 5) is 2.56. The van der Waals surface area contributed by atoms with Gasteiger partial charge in [-0.25, -0.2) is 0 Å². The van der Waals surface area contributed by atoms with Crippen LogP contribution in [-0.2, 0) is 10.8 Å². The van der Waals surface area contributed by atoms with Crippen molar-refractivity contribution in [1.82, 2.24) is 0 Å². The van der Waals surface area contributed by atoms with Gasteiger partial charge in [0.15, 0.2) is 0 Å². The molecule has 1 atom stereocenters. The minimum atomic E-state index is -0.499. The van der Waals surface area contributed by atoms with E-state index in [4.69, 9.17) is 0 Å². The Hall–Kier alpha value is -7.74. The maximum absolute atomic E-state index is 2.56. The number of rotatable bonds is 5. The Morgan fingerprint density at radius 1 is 0.317 bits per heavy atom. The smallest absolute Gasteiger partial charge is 0.0726 e. The van der Waals surface area contributed by atoms with Crippen molar-refractivity contribution < 1.29 is 0 Å². The first-order chi connectivity index (χ1) is 31.0. The molecule has 1 unspecified atom stereocenters. The summed E-state index contributed by atoms with van der Waals surface area (Å²) in [5.74, 6) is 0. The van der Waals surface area contributed by atoms with Crippen LogP contribution in [0.25, 0.3) is 66.4 Å². The van der Waals surface area contributed by atoms with E-state index in [1.807, 2.05) is 0 Å². The van der Waals surface area contributed by atoms with Crippen molar-refractivity contribution in [1.29, 1.82) is 0 Å². The molecule has 0 amide bonds. The zero-order valence-electron chi connectivity index (χ0n) is 35.3. The standard InChI is InChI=1S/C62H43N/c1-61(2)55-37-43(40-17-5-3-6-18-40)31-34-48(55)49-36-33-45(39-56(49)61)63(58-29-15-22-42-21-9-10-23-46(42)58)59-30-16-28-54-60(59)51-25-12-14-27-53(51)62(54)52-26-13-11-24-47(52)50-35-32-44(38-57(50)62)41-19-7-4-8-20-41/h3-39H,1-2H3. The summed E-state index contributed by atoms with van der Waals surface area (Å²) in [6, 6.07) is 84.1. The van der Waals surface area contributed by atoms with E-state index in [-0.39, 0.29) is 5.41 Å². The normalized spacial score (nSPS) is 15.7. The molecule has 0 heterocycles. The molecule has 1 heteroatoms. The van der Waals surface area contributed by atoms with Gasteiger partial charge >= 0.3 is 0 Å². The molecule has 0 aliphatic heterocycles. The van der Waals surface area contributed by atoms with E-state index in [1.54, 1.807) is 0 Å². The topological polar surface area (TPSA) is 3.24 Å². The van der Waals surface area contributed by atoms with E-state index in [0.717, 1.165) is 11.4 Å². The number of anilines is 3. The molecule has 0 saturated carbocycles. The second-order valence-corrected chi connectivity index (χ2v) is 18.0. The van der Waals surface area contributed by atoms with Gasteiger partial charge in [-0.05, 0) is 125 Å². The Labute approximate surface area is 369 Å². The molecule has 3 aliphatic rings. The summed E-state index contributed by atoms with van der Waals surface area (Å²) in [6.45, 7) is 4.80. The molecule has 0 N–H and O–H groups in total. The lowest BCUT2D eigenvalue weighted by molar-refractivity contribution is 0.660. The molecular weight excluding hydrogens is 759 g/mol. The summed E-state index contributed by atoms with van der Waals surface area (Å²) in [5.41, 5.74) is 23.6. The highest BCUT2D eigenvalue weighted by atomic mass is 15.1. The molecule has 10 aromatic carbocycles. The van der Waals surface area contributed by atoms with Crippen LogP contribution in [0.5, 0.6) is 0 Å². The fourth-order valence-electron chi connectivity index (χ4n) is 11.7. The molecule has 0 aromatic heterocycles. The monoisotopic (exact) mass is 801 g/mol.